The van der Waals surface area contributed by atoms with E-state index in [0.29, 0.717) is 10.6 Å². The van der Waals surface area contributed by atoms with Gasteiger partial charge in [0.05, 0.1) is 12.3 Å². The van der Waals surface area contributed by atoms with Crippen molar-refractivity contribution in [2.24, 2.45) is 0 Å². The maximum atomic E-state index is 12.5. The molecule has 3 aromatic rings. The van der Waals surface area contributed by atoms with Crippen LogP contribution < -0.4 is 10.1 Å². The molecule has 1 N–H and O–H groups in total. The first kappa shape index (κ1) is 17.1. The van der Waals surface area contributed by atoms with Crippen LogP contribution in [0.25, 0.3) is 0 Å². The first-order chi connectivity index (χ1) is 12.1. The number of carbonyl (C=O) groups excluding carboxylic acids is 1. The van der Waals surface area contributed by atoms with Gasteiger partial charge in [-0.3, -0.25) is 4.79 Å². The smallest absolute Gasteiger partial charge is 0.287 e. The Morgan fingerprint density at radius 3 is 2.72 bits per heavy atom. The molecule has 0 saturated heterocycles. The molecule has 1 unspecified atom stereocenters. The van der Waals surface area contributed by atoms with Gasteiger partial charge in [0.1, 0.15) is 12.4 Å². The largest absolute Gasteiger partial charge is 0.489 e. The van der Waals surface area contributed by atoms with E-state index in [2.05, 4.69) is 5.32 Å². The summed E-state index contributed by atoms with van der Waals surface area (Å²) in [4.78, 5) is 12.5. The minimum Gasteiger partial charge on any atom is -0.489 e. The second-order valence-corrected chi connectivity index (χ2v) is 6.06. The van der Waals surface area contributed by atoms with Gasteiger partial charge < -0.3 is 14.5 Å². The molecule has 1 heterocycles. The number of carbonyl (C=O) groups is 1. The monoisotopic (exact) mass is 355 g/mol. The lowest BCUT2D eigenvalue weighted by Gasteiger charge is -2.14. The molecule has 1 atom stereocenters. The third kappa shape index (κ3) is 4.43. The van der Waals surface area contributed by atoms with Crippen molar-refractivity contribution in [1.82, 2.24) is 5.32 Å². The Balaban J connectivity index is 1.66. The van der Waals surface area contributed by atoms with Crippen molar-refractivity contribution in [3.8, 4) is 5.75 Å². The molecule has 0 aliphatic rings. The molecule has 1 aromatic heterocycles. The first-order valence-corrected chi connectivity index (χ1v) is 8.32. The van der Waals surface area contributed by atoms with Crippen molar-refractivity contribution in [3.05, 3.63) is 88.8 Å². The maximum absolute atomic E-state index is 12.5. The standard InChI is InChI=1S/C20H18ClNO3/c1-14(15-6-5-7-17(21)12-15)22-20(23)19-16(10-11-24-19)13-25-18-8-3-2-4-9-18/h2-12,14H,13H2,1H3,(H,22,23). The Kier molecular flexibility index (Phi) is 5.41. The molecule has 4 nitrogen and oxygen atoms in total. The molecule has 25 heavy (non-hydrogen) atoms. The minimum absolute atomic E-state index is 0.195. The highest BCUT2D eigenvalue weighted by molar-refractivity contribution is 6.30. The molecule has 128 valence electrons. The molecule has 0 saturated carbocycles. The predicted molar refractivity (Wildman–Crippen MR) is 96.8 cm³/mol. The number of hydrogen-bond acceptors (Lipinski definition) is 3. The van der Waals surface area contributed by atoms with E-state index in [1.807, 2.05) is 55.5 Å². The normalized spacial score (nSPS) is 11.8. The molecule has 0 fully saturated rings. The Hall–Kier alpha value is -2.72. The highest BCUT2D eigenvalue weighted by Gasteiger charge is 2.18. The number of rotatable bonds is 6. The van der Waals surface area contributed by atoms with Gasteiger partial charge in [-0.15, -0.1) is 0 Å². The molecule has 0 bridgehead atoms. The Morgan fingerprint density at radius 1 is 1.16 bits per heavy atom. The van der Waals surface area contributed by atoms with Crippen LogP contribution in [0.4, 0.5) is 0 Å². The van der Waals surface area contributed by atoms with Crippen molar-refractivity contribution in [2.45, 2.75) is 19.6 Å². The van der Waals surface area contributed by atoms with Crippen LogP contribution in [0.5, 0.6) is 5.75 Å². The number of nitrogens with one attached hydrogen (secondary N) is 1. The van der Waals surface area contributed by atoms with Crippen molar-refractivity contribution in [1.29, 1.82) is 0 Å². The quantitative estimate of drug-likeness (QED) is 0.676. The topological polar surface area (TPSA) is 51.5 Å². The third-order valence-corrected chi connectivity index (χ3v) is 4.02. The van der Waals surface area contributed by atoms with E-state index in [-0.39, 0.29) is 24.3 Å². The van der Waals surface area contributed by atoms with Gasteiger partial charge in [0, 0.05) is 10.6 Å². The Morgan fingerprint density at radius 2 is 1.96 bits per heavy atom. The fourth-order valence-corrected chi connectivity index (χ4v) is 2.65. The zero-order valence-electron chi connectivity index (χ0n) is 13.7. The lowest BCUT2D eigenvalue weighted by molar-refractivity contribution is 0.0908. The van der Waals surface area contributed by atoms with Gasteiger partial charge >= 0.3 is 0 Å². The van der Waals surface area contributed by atoms with Gasteiger partial charge in [-0.25, -0.2) is 0 Å². The summed E-state index contributed by atoms with van der Waals surface area (Å²) in [7, 11) is 0. The third-order valence-electron chi connectivity index (χ3n) is 3.79. The summed E-state index contributed by atoms with van der Waals surface area (Å²) >= 11 is 6.00. The molecule has 5 heteroatoms. The van der Waals surface area contributed by atoms with E-state index in [0.717, 1.165) is 11.3 Å². The van der Waals surface area contributed by atoms with E-state index < -0.39 is 0 Å². The van der Waals surface area contributed by atoms with Gasteiger partial charge in [0.25, 0.3) is 5.91 Å². The van der Waals surface area contributed by atoms with Crippen molar-refractivity contribution < 1.29 is 13.9 Å². The summed E-state index contributed by atoms with van der Waals surface area (Å²) in [6.07, 6.45) is 1.49. The summed E-state index contributed by atoms with van der Waals surface area (Å²) in [6.45, 7) is 2.15. The number of halogens is 1. The molecule has 0 spiro atoms. The zero-order valence-corrected chi connectivity index (χ0v) is 14.5. The van der Waals surface area contributed by atoms with Crippen molar-refractivity contribution in [3.63, 3.8) is 0 Å². The van der Waals surface area contributed by atoms with Gasteiger partial charge in [0.2, 0.25) is 0 Å². The number of ether oxygens (including phenoxy) is 1. The second kappa shape index (κ2) is 7.90. The van der Waals surface area contributed by atoms with Crippen LogP contribution in [0.2, 0.25) is 5.02 Å². The van der Waals surface area contributed by atoms with Crippen LogP contribution in [-0.2, 0) is 6.61 Å². The van der Waals surface area contributed by atoms with Crippen LogP contribution in [0.1, 0.15) is 34.6 Å². The SMILES string of the molecule is CC(NC(=O)c1occc1COc1ccccc1)c1cccc(Cl)c1. The molecule has 0 aliphatic heterocycles. The molecular formula is C20H18ClNO3. The molecule has 1 amide bonds. The fraction of sp³-hybridized carbons (Fsp3) is 0.150. The number of amides is 1. The number of hydrogen-bond donors (Lipinski definition) is 1. The van der Waals surface area contributed by atoms with Crippen LogP contribution >= 0.6 is 11.6 Å². The molecule has 2 aromatic carbocycles. The average Bonchev–Trinajstić information content (AvgIpc) is 3.09. The summed E-state index contributed by atoms with van der Waals surface area (Å²) in [5, 5.41) is 3.55. The van der Waals surface area contributed by atoms with E-state index >= 15 is 0 Å². The van der Waals surface area contributed by atoms with E-state index in [4.69, 9.17) is 20.8 Å². The lowest BCUT2D eigenvalue weighted by Crippen LogP contribution is -2.27. The van der Waals surface area contributed by atoms with E-state index in [1.54, 1.807) is 12.1 Å². The van der Waals surface area contributed by atoms with Crippen LogP contribution in [-0.4, -0.2) is 5.91 Å². The van der Waals surface area contributed by atoms with Gasteiger partial charge in [0.15, 0.2) is 5.76 Å². The van der Waals surface area contributed by atoms with Crippen molar-refractivity contribution >= 4 is 17.5 Å². The van der Waals surface area contributed by atoms with Gasteiger partial charge in [-0.2, -0.15) is 0 Å². The van der Waals surface area contributed by atoms with Crippen LogP contribution in [0.3, 0.4) is 0 Å². The van der Waals surface area contributed by atoms with Gasteiger partial charge in [-0.1, -0.05) is 41.9 Å². The summed E-state index contributed by atoms with van der Waals surface area (Å²) < 4.78 is 11.0. The highest BCUT2D eigenvalue weighted by atomic mass is 35.5. The molecular weight excluding hydrogens is 338 g/mol. The maximum Gasteiger partial charge on any atom is 0.287 e. The molecule has 0 radical (unpaired) electrons. The number of para-hydroxylation sites is 1. The summed E-state index contributed by atoms with van der Waals surface area (Å²) in [5.74, 6) is 0.705. The Labute approximate surface area is 151 Å². The second-order valence-electron chi connectivity index (χ2n) is 5.63. The van der Waals surface area contributed by atoms with E-state index in [1.165, 1.54) is 6.26 Å². The zero-order chi connectivity index (χ0) is 17.6. The highest BCUT2D eigenvalue weighted by Crippen LogP contribution is 2.20. The van der Waals surface area contributed by atoms with Crippen molar-refractivity contribution in [2.75, 3.05) is 0 Å². The number of furan rings is 1. The summed E-state index contributed by atoms with van der Waals surface area (Å²) in [6, 6.07) is 18.4. The first-order valence-electron chi connectivity index (χ1n) is 7.94. The van der Waals surface area contributed by atoms with Crippen LogP contribution in [0, 0.1) is 0 Å². The fourth-order valence-electron chi connectivity index (χ4n) is 2.45. The molecule has 3 rings (SSSR count). The summed E-state index contributed by atoms with van der Waals surface area (Å²) in [5.41, 5.74) is 1.62. The molecule has 0 aliphatic carbocycles. The number of benzene rings is 2. The van der Waals surface area contributed by atoms with Crippen LogP contribution in [0.15, 0.2) is 71.3 Å². The lowest BCUT2D eigenvalue weighted by atomic mass is 10.1. The Bertz CT molecular complexity index is 845. The average molecular weight is 356 g/mol. The van der Waals surface area contributed by atoms with Gasteiger partial charge in [-0.05, 0) is 42.8 Å². The minimum atomic E-state index is -0.288. The van der Waals surface area contributed by atoms with E-state index in [9.17, 15) is 4.79 Å². The predicted octanol–water partition coefficient (Wildman–Crippen LogP) is 5.00.